The van der Waals surface area contributed by atoms with E-state index in [2.05, 4.69) is 13.8 Å². The highest BCUT2D eigenvalue weighted by molar-refractivity contribution is 6.92. The van der Waals surface area contributed by atoms with E-state index in [-0.39, 0.29) is 24.8 Å². The fourth-order valence-electron chi connectivity index (χ4n) is 4.73. The maximum atomic E-state index is 2.39. The second kappa shape index (κ2) is 104. The summed E-state index contributed by atoms with van der Waals surface area (Å²) in [5, 5.41) is 0. The first kappa shape index (κ1) is 75.7. The summed E-state index contributed by atoms with van der Waals surface area (Å²) < 4.78 is 0. The van der Waals surface area contributed by atoms with Crippen LogP contribution in [0.4, 0.5) is 0 Å². The summed E-state index contributed by atoms with van der Waals surface area (Å²) in [5.41, 5.74) is 0. The zero-order valence-electron chi connectivity index (χ0n) is 35.4. The highest BCUT2D eigenvalue weighted by atomic mass is 31.0. The molecule has 3 aliphatic carbocycles. The third kappa shape index (κ3) is 99.0. The third-order valence-corrected chi connectivity index (χ3v) is 6.79. The normalized spacial score (nSPS) is 15.3. The Balaban J connectivity index is -0.0000000341. The van der Waals surface area contributed by atoms with Crippen LogP contribution in [-0.2, 0) is 0 Å². The van der Waals surface area contributed by atoms with Crippen molar-refractivity contribution in [1.82, 2.24) is 0 Å². The van der Waals surface area contributed by atoms with Gasteiger partial charge in [-0.1, -0.05) is 281 Å². The number of rotatable bonds is 0. The molecule has 0 heterocycles. The Morgan fingerprint density at radius 2 is 0.311 bits per heavy atom. The van der Waals surface area contributed by atoms with Gasteiger partial charge in [-0.25, -0.2) is 0 Å². The second-order valence-electron chi connectivity index (χ2n) is 9.73. The SMILES string of the molecule is C.C.C1CCCCCCC1.CC.CC.CC.CC.CC.CC.CC.CC.CC1CCCCCCC1.CC1CCCCCCC1.P. The molecule has 0 bridgehead atoms. The van der Waals surface area contributed by atoms with Crippen molar-refractivity contribution < 1.29 is 0 Å². The Morgan fingerprint density at radius 3 is 0.422 bits per heavy atom. The van der Waals surface area contributed by atoms with Crippen molar-refractivity contribution in [3.63, 3.8) is 0 Å². The van der Waals surface area contributed by atoms with Gasteiger partial charge in [0.1, 0.15) is 0 Å². The lowest BCUT2D eigenvalue weighted by molar-refractivity contribution is 0.404. The van der Waals surface area contributed by atoms with Crippen LogP contribution < -0.4 is 0 Å². The van der Waals surface area contributed by atoms with Gasteiger partial charge in [0.2, 0.25) is 0 Å². The molecule has 3 aliphatic rings. The Hall–Kier alpha value is 0.430. The minimum Gasteiger partial charge on any atom is -0.153 e. The van der Waals surface area contributed by atoms with E-state index >= 15 is 0 Å². The van der Waals surface area contributed by atoms with Gasteiger partial charge in [-0.2, -0.15) is 9.90 Å². The van der Waals surface area contributed by atoms with Gasteiger partial charge in [0, 0.05) is 0 Å². The molecule has 3 fully saturated rings. The molecular formula is C44H111P. The van der Waals surface area contributed by atoms with Gasteiger partial charge >= 0.3 is 0 Å². The van der Waals surface area contributed by atoms with Gasteiger partial charge < -0.3 is 0 Å². The van der Waals surface area contributed by atoms with E-state index in [1.807, 2.05) is 111 Å². The first-order valence-electron chi connectivity index (χ1n) is 20.8. The van der Waals surface area contributed by atoms with Crippen LogP contribution in [0.15, 0.2) is 0 Å². The summed E-state index contributed by atoms with van der Waals surface area (Å²) in [6, 6.07) is 0. The quantitative estimate of drug-likeness (QED) is 0.225. The van der Waals surface area contributed by atoms with Gasteiger partial charge in [0.25, 0.3) is 0 Å². The van der Waals surface area contributed by atoms with Crippen LogP contribution in [0.3, 0.4) is 0 Å². The van der Waals surface area contributed by atoms with Gasteiger partial charge in [0.05, 0.1) is 0 Å². The standard InChI is InChI=1S/2C9H18.C8H16.8C2H6.2CH4.H3P/c2*1-9-7-5-3-2-4-6-8-9;1-2-4-6-8-7-5-3-1;8*1-2;;;/h2*9H,2-8H2,1H3;1-8H2;8*1-2H3;2*1H4;1H3. The second-order valence-corrected chi connectivity index (χ2v) is 9.73. The van der Waals surface area contributed by atoms with Gasteiger partial charge in [-0.3, -0.25) is 0 Å². The van der Waals surface area contributed by atoms with Gasteiger partial charge in [0.15, 0.2) is 0 Å². The lowest BCUT2D eigenvalue weighted by Gasteiger charge is -2.13. The topological polar surface area (TPSA) is 0 Å². The molecule has 1 heteroatoms. The molecule has 1 unspecified atom stereocenters. The predicted molar refractivity (Wildman–Crippen MR) is 235 cm³/mol. The molecule has 0 N–H and O–H groups in total. The minimum absolute atomic E-state index is 0. The number of hydrogen-bond donors (Lipinski definition) is 0. The van der Waals surface area contributed by atoms with Gasteiger partial charge in [-0.05, 0) is 11.8 Å². The molecule has 0 aromatic heterocycles. The first-order chi connectivity index (χ1) is 20.8. The van der Waals surface area contributed by atoms with Gasteiger partial charge in [-0.15, -0.1) is 0 Å². The lowest BCUT2D eigenvalue weighted by atomic mass is 9.93. The molecule has 45 heavy (non-hydrogen) atoms. The maximum absolute atomic E-state index is 2.39. The summed E-state index contributed by atoms with van der Waals surface area (Å²) in [4.78, 5) is 0. The minimum atomic E-state index is 0. The molecule has 0 aliphatic heterocycles. The molecule has 0 aromatic rings. The zero-order valence-corrected chi connectivity index (χ0v) is 36.8. The van der Waals surface area contributed by atoms with E-state index in [4.69, 9.17) is 0 Å². The summed E-state index contributed by atoms with van der Waals surface area (Å²) >= 11 is 0. The third-order valence-electron chi connectivity index (χ3n) is 6.79. The van der Waals surface area contributed by atoms with Crippen molar-refractivity contribution in [1.29, 1.82) is 0 Å². The Labute approximate surface area is 301 Å². The van der Waals surface area contributed by atoms with Crippen LogP contribution in [-0.4, -0.2) is 0 Å². The van der Waals surface area contributed by atoms with Crippen molar-refractivity contribution in [2.45, 2.75) is 281 Å². The fourth-order valence-corrected chi connectivity index (χ4v) is 4.73. The van der Waals surface area contributed by atoms with Crippen LogP contribution >= 0.6 is 9.90 Å². The highest BCUT2D eigenvalue weighted by Gasteiger charge is 2.05. The van der Waals surface area contributed by atoms with E-state index in [0.29, 0.717) is 0 Å². The predicted octanol–water partition coefficient (Wildman–Crippen LogP) is 19.4. The van der Waals surface area contributed by atoms with Crippen LogP contribution in [0.25, 0.3) is 0 Å². The molecule has 3 rings (SSSR count). The Morgan fingerprint density at radius 1 is 0.222 bits per heavy atom. The first-order valence-corrected chi connectivity index (χ1v) is 20.8. The molecule has 292 valence electrons. The lowest BCUT2D eigenvalue weighted by Crippen LogP contribution is -1.97. The van der Waals surface area contributed by atoms with Crippen LogP contribution in [0.2, 0.25) is 0 Å². The summed E-state index contributed by atoms with van der Waals surface area (Å²) in [6.07, 6.45) is 32.8. The van der Waals surface area contributed by atoms with Crippen molar-refractivity contribution in [3.8, 4) is 0 Å². The molecule has 0 aromatic carbocycles. The summed E-state index contributed by atoms with van der Waals surface area (Å²) in [5.74, 6) is 2.04. The molecule has 0 saturated heterocycles. The van der Waals surface area contributed by atoms with E-state index < -0.39 is 0 Å². The van der Waals surface area contributed by atoms with Crippen molar-refractivity contribution in [3.05, 3.63) is 0 Å². The summed E-state index contributed by atoms with van der Waals surface area (Å²) in [7, 11) is 0. The number of hydrogen-bond acceptors (Lipinski definition) is 0. The highest BCUT2D eigenvalue weighted by Crippen LogP contribution is 2.22. The van der Waals surface area contributed by atoms with Crippen LogP contribution in [0.5, 0.6) is 0 Å². The molecule has 1 atom stereocenters. The molecule has 0 spiro atoms. The van der Waals surface area contributed by atoms with Crippen molar-refractivity contribution in [2.24, 2.45) is 11.8 Å². The molecule has 0 radical (unpaired) electrons. The molecule has 3 saturated carbocycles. The smallest absolute Gasteiger partial charge is 0.0443 e. The maximum Gasteiger partial charge on any atom is -0.0443 e. The van der Waals surface area contributed by atoms with Crippen molar-refractivity contribution in [2.75, 3.05) is 0 Å². The fraction of sp³-hybridized carbons (Fsp3) is 1.00. The van der Waals surface area contributed by atoms with E-state index in [1.54, 1.807) is 0 Å². The molecule has 0 amide bonds. The van der Waals surface area contributed by atoms with E-state index in [1.165, 1.54) is 141 Å². The molecular weight excluding hydrogens is 559 g/mol. The zero-order chi connectivity index (χ0) is 34.7. The Bertz CT molecular complexity index is 216. The van der Waals surface area contributed by atoms with Crippen molar-refractivity contribution >= 4 is 9.90 Å². The van der Waals surface area contributed by atoms with E-state index in [9.17, 15) is 0 Å². The van der Waals surface area contributed by atoms with E-state index in [0.717, 1.165) is 11.8 Å². The monoisotopic (exact) mass is 671 g/mol. The summed E-state index contributed by atoms with van der Waals surface area (Å²) in [6.45, 7) is 36.8. The Kier molecular flexibility index (Phi) is 174. The largest absolute Gasteiger partial charge is 0.153 e. The van der Waals surface area contributed by atoms with Crippen LogP contribution in [0.1, 0.15) is 281 Å². The average Bonchev–Trinajstić information content (AvgIpc) is 3.05. The average molecular weight is 671 g/mol. The van der Waals surface area contributed by atoms with Crippen LogP contribution in [0, 0.1) is 11.8 Å². The molecule has 0 nitrogen and oxygen atoms in total.